The summed E-state index contributed by atoms with van der Waals surface area (Å²) in [6.45, 7) is 5.65. The first-order valence-electron chi connectivity index (χ1n) is 6.91. The molecule has 0 unspecified atom stereocenters. The average Bonchev–Trinajstić information content (AvgIpc) is 2.47. The lowest BCUT2D eigenvalue weighted by atomic mass is 10.0. The van der Waals surface area contributed by atoms with Gasteiger partial charge in [0.1, 0.15) is 0 Å². The molecule has 0 atom stereocenters. The second kappa shape index (κ2) is 6.10. The molecular weight excluding hydrogens is 240 g/mol. The van der Waals surface area contributed by atoms with Gasteiger partial charge in [-0.05, 0) is 25.5 Å². The van der Waals surface area contributed by atoms with Crippen LogP contribution >= 0.6 is 0 Å². The van der Waals surface area contributed by atoms with Crippen LogP contribution in [0, 0.1) is 0 Å². The van der Waals surface area contributed by atoms with E-state index in [1.807, 2.05) is 6.07 Å². The second-order valence-electron chi connectivity index (χ2n) is 5.04. The number of anilines is 2. The molecule has 0 saturated carbocycles. The van der Waals surface area contributed by atoms with Gasteiger partial charge in [-0.2, -0.15) is 4.98 Å². The molecule has 0 amide bonds. The highest BCUT2D eigenvalue weighted by atomic mass is 16.5. The molecule has 1 aliphatic rings. The molecule has 2 heterocycles. The highest BCUT2D eigenvalue weighted by molar-refractivity contribution is 5.63. The van der Waals surface area contributed by atoms with Gasteiger partial charge in [-0.25, -0.2) is 0 Å². The van der Waals surface area contributed by atoms with E-state index in [9.17, 15) is 0 Å². The van der Waals surface area contributed by atoms with Crippen LogP contribution in [-0.2, 0) is 0 Å². The smallest absolute Gasteiger partial charge is 0.215 e. The van der Waals surface area contributed by atoms with Crippen LogP contribution in [0.15, 0.2) is 12.1 Å². The summed E-state index contributed by atoms with van der Waals surface area (Å²) in [6.07, 6.45) is 2.31. The third-order valence-corrected chi connectivity index (χ3v) is 3.98. The van der Waals surface area contributed by atoms with E-state index in [2.05, 4.69) is 28.8 Å². The second-order valence-corrected chi connectivity index (χ2v) is 5.04. The Kier molecular flexibility index (Phi) is 4.47. The van der Waals surface area contributed by atoms with Crippen molar-refractivity contribution in [1.82, 2.24) is 9.88 Å². The maximum Gasteiger partial charge on any atom is 0.215 e. The van der Waals surface area contributed by atoms with Gasteiger partial charge in [0.15, 0.2) is 5.82 Å². The van der Waals surface area contributed by atoms with E-state index in [1.165, 1.54) is 0 Å². The zero-order chi connectivity index (χ0) is 13.8. The fourth-order valence-corrected chi connectivity index (χ4v) is 2.63. The van der Waals surface area contributed by atoms with E-state index in [0.717, 1.165) is 38.3 Å². The molecule has 0 radical (unpaired) electrons. The molecule has 0 aromatic carbocycles. The number of nitrogens with two attached hydrogens (primary N) is 1. The van der Waals surface area contributed by atoms with Gasteiger partial charge in [-0.3, -0.25) is 0 Å². The van der Waals surface area contributed by atoms with Gasteiger partial charge in [0, 0.05) is 32.2 Å². The van der Waals surface area contributed by atoms with Gasteiger partial charge in [0.25, 0.3) is 0 Å². The Bertz CT molecular complexity index is 416. The highest BCUT2D eigenvalue weighted by Crippen LogP contribution is 2.27. The number of hydrogen-bond acceptors (Lipinski definition) is 5. The van der Waals surface area contributed by atoms with Gasteiger partial charge >= 0.3 is 0 Å². The predicted molar refractivity (Wildman–Crippen MR) is 78.7 cm³/mol. The van der Waals surface area contributed by atoms with Gasteiger partial charge < -0.3 is 20.3 Å². The molecule has 19 heavy (non-hydrogen) atoms. The lowest BCUT2D eigenvalue weighted by molar-refractivity contribution is 0.220. The van der Waals surface area contributed by atoms with E-state index in [0.29, 0.717) is 17.6 Å². The third kappa shape index (κ3) is 3.10. The largest absolute Gasteiger partial charge is 0.481 e. The number of nitrogen functional groups attached to an aromatic ring is 1. The molecule has 1 aliphatic heterocycles. The Labute approximate surface area is 115 Å². The fraction of sp³-hybridized carbons (Fsp3) is 0.643. The zero-order valence-electron chi connectivity index (χ0n) is 12.1. The number of nitrogens with zero attached hydrogens (tertiary/aromatic N) is 3. The number of methoxy groups -OCH3 is 1. The topological polar surface area (TPSA) is 54.6 Å². The van der Waals surface area contributed by atoms with Crippen LogP contribution in [0.2, 0.25) is 0 Å². The van der Waals surface area contributed by atoms with Crippen LogP contribution < -0.4 is 15.4 Å². The molecule has 5 heteroatoms. The first-order chi connectivity index (χ1) is 9.15. The molecule has 106 valence electrons. The molecule has 5 nitrogen and oxygen atoms in total. The summed E-state index contributed by atoms with van der Waals surface area (Å²) in [6, 6.07) is 4.16. The third-order valence-electron chi connectivity index (χ3n) is 3.98. The summed E-state index contributed by atoms with van der Waals surface area (Å²) in [7, 11) is 3.70. The van der Waals surface area contributed by atoms with Gasteiger partial charge in [0.05, 0.1) is 12.8 Å². The van der Waals surface area contributed by atoms with E-state index in [-0.39, 0.29) is 0 Å². The van der Waals surface area contributed by atoms with Gasteiger partial charge in [0.2, 0.25) is 5.88 Å². The zero-order valence-corrected chi connectivity index (χ0v) is 12.1. The lowest BCUT2D eigenvalue weighted by Gasteiger charge is -2.37. The van der Waals surface area contributed by atoms with Crippen LogP contribution in [0.5, 0.6) is 5.88 Å². The summed E-state index contributed by atoms with van der Waals surface area (Å²) in [5.74, 6) is 1.44. The number of rotatable bonds is 4. The van der Waals surface area contributed by atoms with Crippen molar-refractivity contribution in [3.8, 4) is 5.88 Å². The number of piperidine rings is 1. The number of ether oxygens (including phenoxy) is 1. The van der Waals surface area contributed by atoms with E-state index in [1.54, 1.807) is 13.2 Å². The SMILES string of the molecule is CCN1CCC(N(C)c2nc(OC)ccc2N)CC1. The molecule has 2 N–H and O–H groups in total. The molecule has 0 aliphatic carbocycles. The predicted octanol–water partition coefficient (Wildman–Crippen LogP) is 1.59. The molecular formula is C14H24N4O. The molecule has 0 bridgehead atoms. The van der Waals surface area contributed by atoms with Crippen molar-refractivity contribution in [1.29, 1.82) is 0 Å². The maximum atomic E-state index is 6.04. The number of likely N-dealkylation sites (tertiary alicyclic amines) is 1. The summed E-state index contributed by atoms with van der Waals surface area (Å²) >= 11 is 0. The van der Waals surface area contributed by atoms with Crippen LogP contribution in [0.4, 0.5) is 11.5 Å². The summed E-state index contributed by atoms with van der Waals surface area (Å²) in [4.78, 5) is 9.15. The Morgan fingerprint density at radius 1 is 1.42 bits per heavy atom. The molecule has 2 rings (SSSR count). The quantitative estimate of drug-likeness (QED) is 0.895. The maximum absolute atomic E-state index is 6.04. The molecule has 1 aromatic rings. The normalized spacial score (nSPS) is 17.4. The van der Waals surface area contributed by atoms with Crippen molar-refractivity contribution in [2.75, 3.05) is 44.4 Å². The van der Waals surface area contributed by atoms with Gasteiger partial charge in [-0.15, -0.1) is 0 Å². The van der Waals surface area contributed by atoms with Crippen LogP contribution in [0.3, 0.4) is 0 Å². The molecule has 1 saturated heterocycles. The van der Waals surface area contributed by atoms with Crippen molar-refractivity contribution in [3.63, 3.8) is 0 Å². The van der Waals surface area contributed by atoms with Crippen LogP contribution in [0.1, 0.15) is 19.8 Å². The Hall–Kier alpha value is -1.49. The summed E-state index contributed by atoms with van der Waals surface area (Å²) < 4.78 is 5.18. The lowest BCUT2D eigenvalue weighted by Crippen LogP contribution is -2.43. The van der Waals surface area contributed by atoms with Crippen molar-refractivity contribution in [3.05, 3.63) is 12.1 Å². The summed E-state index contributed by atoms with van der Waals surface area (Å²) in [5, 5.41) is 0. The first-order valence-corrected chi connectivity index (χ1v) is 6.91. The van der Waals surface area contributed by atoms with Crippen molar-refractivity contribution < 1.29 is 4.74 Å². The van der Waals surface area contributed by atoms with Crippen LogP contribution in [0.25, 0.3) is 0 Å². The van der Waals surface area contributed by atoms with Gasteiger partial charge in [-0.1, -0.05) is 6.92 Å². The first kappa shape index (κ1) is 13.9. The fourth-order valence-electron chi connectivity index (χ4n) is 2.63. The number of hydrogen-bond donors (Lipinski definition) is 1. The standard InChI is InChI=1S/C14H24N4O/c1-4-18-9-7-11(8-10-18)17(2)14-12(15)5-6-13(16-14)19-3/h5-6,11H,4,7-10,15H2,1-3H3. The highest BCUT2D eigenvalue weighted by Gasteiger charge is 2.23. The molecule has 0 spiro atoms. The minimum Gasteiger partial charge on any atom is -0.481 e. The Balaban J connectivity index is 2.09. The minimum absolute atomic E-state index is 0.504. The van der Waals surface area contributed by atoms with Crippen molar-refractivity contribution in [2.24, 2.45) is 0 Å². The van der Waals surface area contributed by atoms with E-state index >= 15 is 0 Å². The van der Waals surface area contributed by atoms with Crippen molar-refractivity contribution >= 4 is 11.5 Å². The monoisotopic (exact) mass is 264 g/mol. The van der Waals surface area contributed by atoms with E-state index in [4.69, 9.17) is 10.5 Å². The van der Waals surface area contributed by atoms with E-state index < -0.39 is 0 Å². The summed E-state index contributed by atoms with van der Waals surface area (Å²) in [5.41, 5.74) is 6.74. The minimum atomic E-state index is 0.504. The van der Waals surface area contributed by atoms with Crippen LogP contribution in [-0.4, -0.2) is 49.7 Å². The average molecular weight is 264 g/mol. The number of pyridine rings is 1. The molecule has 1 aromatic heterocycles. The molecule has 1 fully saturated rings. The Morgan fingerprint density at radius 2 is 2.11 bits per heavy atom. The Morgan fingerprint density at radius 3 is 2.68 bits per heavy atom. The number of aromatic nitrogens is 1. The van der Waals surface area contributed by atoms with Crippen molar-refractivity contribution in [2.45, 2.75) is 25.8 Å².